The summed E-state index contributed by atoms with van der Waals surface area (Å²) in [6, 6.07) is 0. The first-order valence-electron chi connectivity index (χ1n) is 24.9. The number of carbonyl (C=O) groups is 2. The quantitative estimate of drug-likeness (QED) is 0.0122. The second-order valence-corrected chi connectivity index (χ2v) is 21.2. The first-order chi connectivity index (χ1) is 32.8. The van der Waals surface area contributed by atoms with Crippen LogP contribution in [0.4, 0.5) is 0 Å². The van der Waals surface area contributed by atoms with Crippen molar-refractivity contribution >= 4 is 35.4 Å². The Kier molecular flexibility index (Phi) is 36.5. The summed E-state index contributed by atoms with van der Waals surface area (Å²) < 4.78 is 65.5. The summed E-state index contributed by atoms with van der Waals surface area (Å²) in [4.78, 5) is 73.3. The number of phosphoric ester groups is 3. The number of unbranched alkanes of at least 4 members (excludes halogenated alkanes) is 18. The summed E-state index contributed by atoms with van der Waals surface area (Å²) in [5.41, 5.74) is 0. The Balaban J connectivity index is 2.73. The molecule has 0 aromatic rings. The summed E-state index contributed by atoms with van der Waals surface area (Å²) in [5.74, 6) is -1.33. The molecule has 69 heavy (non-hydrogen) atoms. The van der Waals surface area contributed by atoms with Crippen molar-refractivity contribution in [2.45, 2.75) is 224 Å². The average Bonchev–Trinajstić information content (AvgIpc) is 3.28. The highest BCUT2D eigenvalue weighted by Crippen LogP contribution is 2.51. The number of ether oxygens (including phenoxy) is 2. The molecule has 0 heterocycles. The third-order valence-corrected chi connectivity index (χ3v) is 13.1. The number of aliphatic hydroxyl groups excluding tert-OH is 3. The van der Waals surface area contributed by atoms with Crippen LogP contribution in [0.15, 0.2) is 48.6 Å². The molecule has 0 aliphatic heterocycles. The van der Waals surface area contributed by atoms with Gasteiger partial charge in [0.25, 0.3) is 0 Å². The van der Waals surface area contributed by atoms with Crippen LogP contribution >= 0.6 is 23.5 Å². The van der Waals surface area contributed by atoms with Crippen LogP contribution in [0, 0.1) is 0 Å². The molecule has 0 amide bonds. The summed E-state index contributed by atoms with van der Waals surface area (Å²) in [6.07, 6.45) is 25.4. The van der Waals surface area contributed by atoms with Gasteiger partial charge in [0.15, 0.2) is 6.10 Å². The van der Waals surface area contributed by atoms with E-state index < -0.39 is 91.3 Å². The van der Waals surface area contributed by atoms with E-state index in [4.69, 9.17) is 18.5 Å². The molecule has 0 bridgehead atoms. The molecule has 8 unspecified atom stereocenters. The van der Waals surface area contributed by atoms with Gasteiger partial charge in [0.2, 0.25) is 0 Å². The third-order valence-electron chi connectivity index (χ3n) is 11.1. The van der Waals surface area contributed by atoms with Crippen molar-refractivity contribution in [2.75, 3.05) is 13.2 Å². The lowest BCUT2D eigenvalue weighted by Gasteiger charge is -2.44. The predicted molar refractivity (Wildman–Crippen MR) is 261 cm³/mol. The van der Waals surface area contributed by atoms with E-state index in [9.17, 15) is 63.1 Å². The highest BCUT2D eigenvalue weighted by atomic mass is 31.2. The Morgan fingerprint density at radius 1 is 0.464 bits per heavy atom. The minimum Gasteiger partial charge on any atom is -0.462 e. The molecule has 1 aliphatic rings. The average molecular weight is 1050 g/mol. The minimum absolute atomic E-state index is 0.0132. The summed E-state index contributed by atoms with van der Waals surface area (Å²) in [7, 11) is -16.6. The Labute approximate surface area is 410 Å². The number of phosphoric acid groups is 3. The largest absolute Gasteiger partial charge is 0.472 e. The number of carbonyl (C=O) groups excluding carboxylic acids is 2. The van der Waals surface area contributed by atoms with Crippen LogP contribution in [-0.4, -0.2) is 108 Å². The maximum Gasteiger partial charge on any atom is 0.472 e. The van der Waals surface area contributed by atoms with Crippen molar-refractivity contribution in [3.8, 4) is 0 Å². The maximum atomic E-state index is 13.1. The molecular formula is C47H85O19P3. The lowest BCUT2D eigenvalue weighted by molar-refractivity contribution is -0.213. The van der Waals surface area contributed by atoms with Gasteiger partial charge in [0.05, 0.1) is 6.61 Å². The number of allylic oxidation sites excluding steroid dienone is 8. The molecule has 0 radical (unpaired) electrons. The lowest BCUT2D eigenvalue weighted by atomic mass is 9.85. The van der Waals surface area contributed by atoms with Gasteiger partial charge >= 0.3 is 35.4 Å². The fourth-order valence-corrected chi connectivity index (χ4v) is 9.44. The van der Waals surface area contributed by atoms with E-state index in [0.29, 0.717) is 12.8 Å². The van der Waals surface area contributed by atoms with Crippen LogP contribution in [0.1, 0.15) is 181 Å². The van der Waals surface area contributed by atoms with Crippen LogP contribution in [0.3, 0.4) is 0 Å². The van der Waals surface area contributed by atoms with Crippen molar-refractivity contribution in [1.29, 1.82) is 0 Å². The predicted octanol–water partition coefficient (Wildman–Crippen LogP) is 9.40. The van der Waals surface area contributed by atoms with Gasteiger partial charge in [-0.2, -0.15) is 0 Å². The van der Waals surface area contributed by atoms with Gasteiger partial charge in [0, 0.05) is 12.8 Å². The Morgan fingerprint density at radius 3 is 1.33 bits per heavy atom. The van der Waals surface area contributed by atoms with Crippen LogP contribution in [-0.2, 0) is 50.9 Å². The van der Waals surface area contributed by atoms with E-state index in [0.717, 1.165) is 96.3 Å². The molecule has 402 valence electrons. The number of rotatable bonds is 42. The van der Waals surface area contributed by atoms with Crippen molar-refractivity contribution in [3.63, 3.8) is 0 Å². The van der Waals surface area contributed by atoms with Gasteiger partial charge in [-0.15, -0.1) is 0 Å². The number of hydrogen-bond donors (Lipinski definition) is 8. The zero-order valence-electron chi connectivity index (χ0n) is 40.9. The summed E-state index contributed by atoms with van der Waals surface area (Å²) in [5, 5.41) is 31.9. The molecule has 1 saturated carbocycles. The van der Waals surface area contributed by atoms with Crippen LogP contribution in [0.2, 0.25) is 0 Å². The number of hydrogen-bond acceptors (Lipinski definition) is 14. The Bertz CT molecular complexity index is 1630. The van der Waals surface area contributed by atoms with Crippen molar-refractivity contribution < 1.29 is 90.6 Å². The van der Waals surface area contributed by atoms with Crippen molar-refractivity contribution in [3.05, 3.63) is 48.6 Å². The summed E-state index contributed by atoms with van der Waals surface area (Å²) in [6.45, 7) is 2.89. The smallest absolute Gasteiger partial charge is 0.462 e. The fraction of sp³-hybridized carbons (Fsp3) is 0.787. The zero-order valence-corrected chi connectivity index (χ0v) is 43.6. The molecule has 0 aromatic carbocycles. The molecule has 1 rings (SSSR count). The Hall–Kier alpha value is -1.89. The monoisotopic (exact) mass is 1050 g/mol. The highest BCUT2D eigenvalue weighted by molar-refractivity contribution is 7.47. The molecule has 22 heteroatoms. The first kappa shape index (κ1) is 65.1. The van der Waals surface area contributed by atoms with E-state index in [1.54, 1.807) is 0 Å². The van der Waals surface area contributed by atoms with Gasteiger partial charge in [-0.05, 0) is 77.0 Å². The van der Waals surface area contributed by atoms with E-state index in [-0.39, 0.29) is 12.8 Å². The van der Waals surface area contributed by atoms with Gasteiger partial charge < -0.3 is 49.3 Å². The molecule has 8 N–H and O–H groups in total. The van der Waals surface area contributed by atoms with E-state index in [1.807, 2.05) is 0 Å². The van der Waals surface area contributed by atoms with E-state index in [1.165, 1.54) is 44.9 Å². The van der Waals surface area contributed by atoms with Crippen LogP contribution in [0.5, 0.6) is 0 Å². The van der Waals surface area contributed by atoms with Gasteiger partial charge in [-0.1, -0.05) is 140 Å². The second-order valence-electron chi connectivity index (χ2n) is 17.4. The molecular weight excluding hydrogens is 961 g/mol. The van der Waals surface area contributed by atoms with E-state index in [2.05, 4.69) is 71.5 Å². The molecule has 1 aliphatic carbocycles. The normalized spacial score (nSPS) is 21.7. The Morgan fingerprint density at radius 2 is 0.841 bits per heavy atom. The van der Waals surface area contributed by atoms with Gasteiger partial charge in [-0.25, -0.2) is 13.7 Å². The molecule has 8 atom stereocenters. The summed E-state index contributed by atoms with van der Waals surface area (Å²) >= 11 is 0. The van der Waals surface area contributed by atoms with E-state index >= 15 is 0 Å². The van der Waals surface area contributed by atoms with Crippen molar-refractivity contribution in [2.24, 2.45) is 0 Å². The SMILES string of the molecule is CCCCCC=CCC=CCC=CCCCCCCC(=O)OCC(COP(=O)(O)OC1C(O)C(O)C(OP(=O)(O)O)C(OP(=O)(O)O)C1O)OC(=O)CCCCCCCCCC=CCCCCCC. The fourth-order valence-electron chi connectivity index (χ4n) is 7.35. The number of esters is 2. The van der Waals surface area contributed by atoms with Gasteiger partial charge in [-0.3, -0.25) is 27.7 Å². The molecule has 0 aromatic heterocycles. The third kappa shape index (κ3) is 35.0. The second kappa shape index (κ2) is 38.7. The molecule has 1 fully saturated rings. The lowest BCUT2D eigenvalue weighted by Crippen LogP contribution is -2.65. The van der Waals surface area contributed by atoms with Crippen molar-refractivity contribution in [1.82, 2.24) is 0 Å². The standard InChI is InChI=1S/C47H85O19P3/c1-3-5-7-9-11-13-15-17-19-20-22-23-25-27-29-31-33-35-40(48)61-37-39(63-41(49)36-34-32-30-28-26-24-21-18-16-14-12-10-8-6-4-2)38-62-69(59,60)66-45-42(50)43(51)46(64-67(53,54)55)47(44(45)52)65-68(56,57)58/h11,13-14,16-17,19,22-23,39,42-47,50-52H,3-10,12,15,18,20-21,24-38H2,1-2H3,(H,59,60)(H2,53,54,55)(H2,56,57,58). The number of aliphatic hydroxyl groups is 3. The first-order valence-corrected chi connectivity index (χ1v) is 29.5. The highest BCUT2D eigenvalue weighted by Gasteiger charge is 2.56. The molecule has 0 saturated heterocycles. The van der Waals surface area contributed by atoms with Crippen LogP contribution < -0.4 is 0 Å². The minimum atomic E-state index is -5.61. The molecule has 19 nitrogen and oxygen atoms in total. The van der Waals surface area contributed by atoms with Crippen LogP contribution in [0.25, 0.3) is 0 Å². The van der Waals surface area contributed by atoms with Gasteiger partial charge in [0.1, 0.15) is 43.2 Å². The molecule has 0 spiro atoms. The maximum absolute atomic E-state index is 13.1. The topological polar surface area (TPSA) is 303 Å². The zero-order chi connectivity index (χ0) is 51.4.